The lowest BCUT2D eigenvalue weighted by molar-refractivity contribution is 0.0959. The number of hydrogen-bond donors (Lipinski definition) is 1. The number of para-hydroxylation sites is 1. The maximum atomic E-state index is 6.02. The highest BCUT2D eigenvalue weighted by molar-refractivity contribution is 5.42. The smallest absolute Gasteiger partial charge is 0.125 e. The van der Waals surface area contributed by atoms with Gasteiger partial charge in [0.1, 0.15) is 11.4 Å². The van der Waals surface area contributed by atoms with Gasteiger partial charge in [0, 0.05) is 5.56 Å². The molecule has 3 rings (SSSR count). The van der Waals surface area contributed by atoms with Gasteiger partial charge in [-0.25, -0.2) is 0 Å². The summed E-state index contributed by atoms with van der Waals surface area (Å²) >= 11 is 0. The molecule has 0 bridgehead atoms. The quantitative estimate of drug-likeness (QED) is 0.863. The summed E-state index contributed by atoms with van der Waals surface area (Å²) in [6.45, 7) is 7.78. The predicted molar refractivity (Wildman–Crippen MR) is 69.2 cm³/mol. The Labute approximate surface area is 103 Å². The third kappa shape index (κ3) is 1.95. The summed E-state index contributed by atoms with van der Waals surface area (Å²) in [5, 5.41) is 3.70. The van der Waals surface area contributed by atoms with Crippen molar-refractivity contribution in [3.63, 3.8) is 0 Å². The van der Waals surface area contributed by atoms with Crippen LogP contribution >= 0.6 is 0 Å². The van der Waals surface area contributed by atoms with E-state index >= 15 is 0 Å². The molecule has 0 radical (unpaired) electrons. The first-order valence-electron chi connectivity index (χ1n) is 6.59. The molecule has 0 spiro atoms. The molecule has 1 N–H and O–H groups in total. The Bertz CT molecular complexity index is 427. The van der Waals surface area contributed by atoms with Crippen LogP contribution in [-0.2, 0) is 0 Å². The van der Waals surface area contributed by atoms with E-state index in [1.165, 1.54) is 12.0 Å². The first-order chi connectivity index (χ1) is 8.08. The molecule has 0 amide bonds. The standard InChI is InChI=1S/C15H21NO/c1-10-8-11(10)9-16-14-12-6-4-5-7-13(12)17-15(14,2)3/h4-7,10-11,14,16H,8-9H2,1-3H3. The molecule has 2 aliphatic rings. The van der Waals surface area contributed by atoms with Crippen molar-refractivity contribution in [1.82, 2.24) is 5.32 Å². The minimum absolute atomic E-state index is 0.137. The molecule has 1 fully saturated rings. The molecule has 1 aliphatic heterocycles. The zero-order chi connectivity index (χ0) is 12.0. The van der Waals surface area contributed by atoms with Crippen LogP contribution in [0.5, 0.6) is 5.75 Å². The maximum Gasteiger partial charge on any atom is 0.125 e. The van der Waals surface area contributed by atoms with Gasteiger partial charge in [-0.05, 0) is 44.7 Å². The molecule has 1 aliphatic carbocycles. The molecule has 0 aromatic heterocycles. The lowest BCUT2D eigenvalue weighted by Crippen LogP contribution is -2.40. The van der Waals surface area contributed by atoms with Crippen molar-refractivity contribution >= 4 is 0 Å². The zero-order valence-corrected chi connectivity index (χ0v) is 10.9. The molecule has 2 heteroatoms. The Morgan fingerprint density at radius 3 is 2.76 bits per heavy atom. The summed E-state index contributed by atoms with van der Waals surface area (Å²) in [7, 11) is 0. The van der Waals surface area contributed by atoms with Crippen LogP contribution in [-0.4, -0.2) is 12.1 Å². The summed E-state index contributed by atoms with van der Waals surface area (Å²) in [5.41, 5.74) is 1.17. The van der Waals surface area contributed by atoms with Crippen LogP contribution in [0.4, 0.5) is 0 Å². The van der Waals surface area contributed by atoms with Gasteiger partial charge in [0.15, 0.2) is 0 Å². The van der Waals surface area contributed by atoms with Gasteiger partial charge in [0.05, 0.1) is 6.04 Å². The molecule has 3 unspecified atom stereocenters. The topological polar surface area (TPSA) is 21.3 Å². The highest BCUT2D eigenvalue weighted by atomic mass is 16.5. The van der Waals surface area contributed by atoms with Crippen molar-refractivity contribution in [2.24, 2.45) is 11.8 Å². The van der Waals surface area contributed by atoms with E-state index in [9.17, 15) is 0 Å². The van der Waals surface area contributed by atoms with Crippen LogP contribution in [0, 0.1) is 11.8 Å². The molecule has 1 aromatic rings. The van der Waals surface area contributed by atoms with E-state index in [0.717, 1.165) is 24.1 Å². The van der Waals surface area contributed by atoms with E-state index in [1.54, 1.807) is 0 Å². The third-order valence-corrected chi connectivity index (χ3v) is 4.16. The van der Waals surface area contributed by atoms with Gasteiger partial charge in [-0.2, -0.15) is 0 Å². The Morgan fingerprint density at radius 2 is 2.06 bits per heavy atom. The molecule has 0 saturated heterocycles. The van der Waals surface area contributed by atoms with Crippen LogP contribution in [0.3, 0.4) is 0 Å². The van der Waals surface area contributed by atoms with Crippen molar-refractivity contribution in [1.29, 1.82) is 0 Å². The van der Waals surface area contributed by atoms with Crippen LogP contribution in [0.25, 0.3) is 0 Å². The highest BCUT2D eigenvalue weighted by Gasteiger charge is 2.42. The van der Waals surface area contributed by atoms with Crippen molar-refractivity contribution in [2.75, 3.05) is 6.54 Å². The van der Waals surface area contributed by atoms with Gasteiger partial charge in [-0.15, -0.1) is 0 Å². The van der Waals surface area contributed by atoms with Gasteiger partial charge < -0.3 is 10.1 Å². The predicted octanol–water partition coefficient (Wildman–Crippen LogP) is 3.14. The van der Waals surface area contributed by atoms with E-state index in [2.05, 4.69) is 44.3 Å². The normalized spacial score (nSPS) is 33.0. The van der Waals surface area contributed by atoms with Gasteiger partial charge >= 0.3 is 0 Å². The Morgan fingerprint density at radius 1 is 1.35 bits per heavy atom. The maximum absolute atomic E-state index is 6.02. The van der Waals surface area contributed by atoms with E-state index in [1.807, 2.05) is 6.07 Å². The summed E-state index contributed by atoms with van der Waals surface area (Å²) in [6.07, 6.45) is 1.38. The molecule has 17 heavy (non-hydrogen) atoms. The fourth-order valence-electron chi connectivity index (χ4n) is 2.84. The first-order valence-corrected chi connectivity index (χ1v) is 6.59. The summed E-state index contributed by atoms with van der Waals surface area (Å²) in [5.74, 6) is 2.82. The minimum Gasteiger partial charge on any atom is -0.486 e. The molecule has 2 nitrogen and oxygen atoms in total. The average molecular weight is 231 g/mol. The van der Waals surface area contributed by atoms with Crippen molar-refractivity contribution in [2.45, 2.75) is 38.8 Å². The van der Waals surface area contributed by atoms with E-state index in [0.29, 0.717) is 6.04 Å². The molecule has 1 saturated carbocycles. The fraction of sp³-hybridized carbons (Fsp3) is 0.600. The summed E-state index contributed by atoms with van der Waals surface area (Å²) < 4.78 is 6.02. The molecular weight excluding hydrogens is 210 g/mol. The van der Waals surface area contributed by atoms with Crippen LogP contribution < -0.4 is 10.1 Å². The number of benzene rings is 1. The summed E-state index contributed by atoms with van der Waals surface area (Å²) in [6, 6.07) is 8.71. The second kappa shape index (κ2) is 3.74. The van der Waals surface area contributed by atoms with Crippen LogP contribution in [0.2, 0.25) is 0 Å². The average Bonchev–Trinajstić information content (AvgIpc) is 2.88. The number of hydrogen-bond acceptors (Lipinski definition) is 2. The number of nitrogens with one attached hydrogen (secondary N) is 1. The van der Waals surface area contributed by atoms with Crippen molar-refractivity contribution in [3.8, 4) is 5.75 Å². The van der Waals surface area contributed by atoms with Crippen LogP contribution in [0.15, 0.2) is 24.3 Å². The second-order valence-corrected chi connectivity index (χ2v) is 6.06. The van der Waals surface area contributed by atoms with Gasteiger partial charge in [-0.1, -0.05) is 25.1 Å². The van der Waals surface area contributed by atoms with Gasteiger partial charge in [0.25, 0.3) is 0 Å². The largest absolute Gasteiger partial charge is 0.486 e. The second-order valence-electron chi connectivity index (χ2n) is 6.06. The molecule has 1 heterocycles. The lowest BCUT2D eigenvalue weighted by atomic mass is 9.94. The molecular formula is C15H21NO. The highest BCUT2D eigenvalue weighted by Crippen LogP contribution is 2.44. The molecule has 92 valence electrons. The van der Waals surface area contributed by atoms with E-state index in [4.69, 9.17) is 4.74 Å². The van der Waals surface area contributed by atoms with E-state index in [-0.39, 0.29) is 5.60 Å². The molecule has 1 aromatic carbocycles. The van der Waals surface area contributed by atoms with Crippen molar-refractivity contribution < 1.29 is 4.74 Å². The Balaban J connectivity index is 1.76. The summed E-state index contributed by atoms with van der Waals surface area (Å²) in [4.78, 5) is 0. The minimum atomic E-state index is -0.137. The fourth-order valence-corrected chi connectivity index (χ4v) is 2.84. The van der Waals surface area contributed by atoms with E-state index < -0.39 is 0 Å². The third-order valence-electron chi connectivity index (χ3n) is 4.16. The first kappa shape index (κ1) is 11.1. The Hall–Kier alpha value is -1.02. The Kier molecular flexibility index (Phi) is 2.44. The monoisotopic (exact) mass is 231 g/mol. The van der Waals surface area contributed by atoms with Crippen LogP contribution in [0.1, 0.15) is 38.8 Å². The zero-order valence-electron chi connectivity index (χ0n) is 10.9. The van der Waals surface area contributed by atoms with Gasteiger partial charge in [0.2, 0.25) is 0 Å². The number of ether oxygens (including phenoxy) is 1. The van der Waals surface area contributed by atoms with Crippen molar-refractivity contribution in [3.05, 3.63) is 29.8 Å². The lowest BCUT2D eigenvalue weighted by Gasteiger charge is -2.27. The number of rotatable bonds is 3. The van der Waals surface area contributed by atoms with Gasteiger partial charge in [-0.3, -0.25) is 0 Å². The molecule has 3 atom stereocenters. The number of fused-ring (bicyclic) bond motifs is 1. The SMILES string of the molecule is CC1CC1CNC1c2ccccc2OC1(C)C.